The molecule has 3 rings (SSSR count). The highest BCUT2D eigenvalue weighted by Gasteiger charge is 2.34. The predicted molar refractivity (Wildman–Crippen MR) is 156 cm³/mol. The second-order valence-corrected chi connectivity index (χ2v) is 11.8. The van der Waals surface area contributed by atoms with Gasteiger partial charge in [0.15, 0.2) is 0 Å². The molecule has 8 nitrogen and oxygen atoms in total. The van der Waals surface area contributed by atoms with Gasteiger partial charge in [0.05, 0.1) is 5.69 Å². The average molecular weight is 571 g/mol. The van der Waals surface area contributed by atoms with Crippen molar-refractivity contribution < 1.29 is 18.0 Å². The Balaban J connectivity index is 2.06. The third-order valence-corrected chi connectivity index (χ3v) is 8.18. The normalized spacial score (nSPS) is 12.1. The van der Waals surface area contributed by atoms with Gasteiger partial charge < -0.3 is 10.2 Å². The first kappa shape index (κ1) is 30.1. The van der Waals surface area contributed by atoms with Gasteiger partial charge in [0.2, 0.25) is 11.8 Å². The standard InChI is InChI=1S/C29H35ClN4O4S/c1-4-18-31-29(36)27(20-23-12-7-5-8-13-23)33(21-24-14-11-15-25(30)19-24)28(35)22-34(39(37,38)32(2)3)26-16-9-6-10-17-26/h5-17,19,27H,4,18,20-22H2,1-3H3,(H,31,36). The Labute approximate surface area is 236 Å². The van der Waals surface area contributed by atoms with Crippen LogP contribution in [0.25, 0.3) is 0 Å². The Morgan fingerprint density at radius 2 is 1.51 bits per heavy atom. The average Bonchev–Trinajstić information content (AvgIpc) is 2.93. The van der Waals surface area contributed by atoms with Gasteiger partial charge in [-0.2, -0.15) is 12.7 Å². The van der Waals surface area contributed by atoms with Gasteiger partial charge in [-0.05, 0) is 41.8 Å². The van der Waals surface area contributed by atoms with Crippen molar-refractivity contribution in [2.75, 3.05) is 31.5 Å². The van der Waals surface area contributed by atoms with Gasteiger partial charge in [0.1, 0.15) is 12.6 Å². The van der Waals surface area contributed by atoms with E-state index in [2.05, 4.69) is 5.32 Å². The molecule has 3 aromatic rings. The number of carbonyl (C=O) groups excluding carboxylic acids is 2. The summed E-state index contributed by atoms with van der Waals surface area (Å²) in [5.74, 6) is -0.824. The number of rotatable bonds is 13. The molecule has 1 atom stereocenters. The molecule has 0 heterocycles. The SMILES string of the molecule is CCCNC(=O)C(Cc1ccccc1)N(Cc1cccc(Cl)c1)C(=O)CN(c1ccccc1)S(=O)(=O)N(C)C. The first-order chi connectivity index (χ1) is 18.6. The van der Waals surface area contributed by atoms with Crippen molar-refractivity contribution in [3.05, 3.63) is 101 Å². The van der Waals surface area contributed by atoms with E-state index in [0.717, 1.165) is 26.2 Å². The number of nitrogens with one attached hydrogen (secondary N) is 1. The van der Waals surface area contributed by atoms with Crippen LogP contribution in [0.2, 0.25) is 5.02 Å². The Hall–Kier alpha value is -3.40. The lowest BCUT2D eigenvalue weighted by atomic mass is 10.0. The minimum absolute atomic E-state index is 0.0705. The Kier molecular flexibility index (Phi) is 10.9. The molecule has 0 saturated heterocycles. The quantitative estimate of drug-likeness (QED) is 0.335. The number of nitrogens with zero attached hydrogens (tertiary/aromatic N) is 3. The van der Waals surface area contributed by atoms with E-state index in [1.54, 1.807) is 48.5 Å². The van der Waals surface area contributed by atoms with Gasteiger partial charge in [-0.15, -0.1) is 0 Å². The van der Waals surface area contributed by atoms with E-state index in [0.29, 0.717) is 17.3 Å². The van der Waals surface area contributed by atoms with Crippen molar-refractivity contribution in [2.24, 2.45) is 0 Å². The molecule has 3 aromatic carbocycles. The molecule has 1 unspecified atom stereocenters. The van der Waals surface area contributed by atoms with Crippen molar-refractivity contribution in [2.45, 2.75) is 32.4 Å². The Bertz CT molecular complexity index is 1340. The van der Waals surface area contributed by atoms with E-state index in [1.807, 2.05) is 43.3 Å². The number of benzene rings is 3. The summed E-state index contributed by atoms with van der Waals surface area (Å²) < 4.78 is 28.7. The predicted octanol–water partition coefficient (Wildman–Crippen LogP) is 4.12. The summed E-state index contributed by atoms with van der Waals surface area (Å²) in [6, 6.07) is 24.0. The molecule has 1 N–H and O–H groups in total. The van der Waals surface area contributed by atoms with Crippen LogP contribution in [0.5, 0.6) is 0 Å². The summed E-state index contributed by atoms with van der Waals surface area (Å²) in [7, 11) is -1.20. The molecule has 0 aromatic heterocycles. The summed E-state index contributed by atoms with van der Waals surface area (Å²) in [6.45, 7) is 1.98. The molecule has 208 valence electrons. The molecular weight excluding hydrogens is 536 g/mol. The van der Waals surface area contributed by atoms with Gasteiger partial charge >= 0.3 is 10.2 Å². The highest BCUT2D eigenvalue weighted by atomic mass is 35.5. The highest BCUT2D eigenvalue weighted by molar-refractivity contribution is 7.90. The number of amides is 2. The third-order valence-electron chi connectivity index (χ3n) is 6.13. The highest BCUT2D eigenvalue weighted by Crippen LogP contribution is 2.22. The molecule has 0 bridgehead atoms. The summed E-state index contributed by atoms with van der Waals surface area (Å²) in [6.07, 6.45) is 0.989. The first-order valence-electron chi connectivity index (χ1n) is 12.7. The molecule has 0 fully saturated rings. The fourth-order valence-corrected chi connectivity index (χ4v) is 5.33. The Morgan fingerprint density at radius 3 is 2.10 bits per heavy atom. The summed E-state index contributed by atoms with van der Waals surface area (Å²) in [5.41, 5.74) is 1.94. The maximum atomic E-state index is 14.1. The van der Waals surface area contributed by atoms with Gasteiger partial charge in [-0.25, -0.2) is 4.31 Å². The maximum absolute atomic E-state index is 14.1. The van der Waals surface area contributed by atoms with Crippen LogP contribution < -0.4 is 9.62 Å². The second kappa shape index (κ2) is 14.1. The van der Waals surface area contributed by atoms with E-state index in [9.17, 15) is 18.0 Å². The zero-order chi connectivity index (χ0) is 28.4. The molecule has 0 saturated carbocycles. The number of hydrogen-bond acceptors (Lipinski definition) is 4. The van der Waals surface area contributed by atoms with Crippen LogP contribution in [0.15, 0.2) is 84.9 Å². The monoisotopic (exact) mass is 570 g/mol. The van der Waals surface area contributed by atoms with Gasteiger partial charge in [-0.1, -0.05) is 79.2 Å². The number of para-hydroxylation sites is 1. The van der Waals surface area contributed by atoms with E-state index in [4.69, 9.17) is 11.6 Å². The second-order valence-electron chi connectivity index (χ2n) is 9.28. The smallest absolute Gasteiger partial charge is 0.304 e. The molecule has 0 aliphatic heterocycles. The summed E-state index contributed by atoms with van der Waals surface area (Å²) in [4.78, 5) is 29.0. The lowest BCUT2D eigenvalue weighted by Crippen LogP contribution is -2.54. The van der Waals surface area contributed by atoms with Crippen LogP contribution in [0.1, 0.15) is 24.5 Å². The minimum Gasteiger partial charge on any atom is -0.354 e. The zero-order valence-corrected chi connectivity index (χ0v) is 24.0. The summed E-state index contributed by atoms with van der Waals surface area (Å²) in [5, 5.41) is 3.42. The molecule has 0 aliphatic carbocycles. The first-order valence-corrected chi connectivity index (χ1v) is 14.5. The fourth-order valence-electron chi connectivity index (χ4n) is 4.06. The number of carbonyl (C=O) groups is 2. The van der Waals surface area contributed by atoms with Gasteiger partial charge in [0, 0.05) is 38.6 Å². The Morgan fingerprint density at radius 1 is 0.897 bits per heavy atom. The van der Waals surface area contributed by atoms with Crippen molar-refractivity contribution in [1.82, 2.24) is 14.5 Å². The van der Waals surface area contributed by atoms with E-state index in [-0.39, 0.29) is 18.9 Å². The van der Waals surface area contributed by atoms with Crippen molar-refractivity contribution in [3.63, 3.8) is 0 Å². The van der Waals surface area contributed by atoms with Crippen LogP contribution in [0, 0.1) is 0 Å². The molecule has 39 heavy (non-hydrogen) atoms. The topological polar surface area (TPSA) is 90.0 Å². The van der Waals surface area contributed by atoms with Crippen molar-refractivity contribution in [3.8, 4) is 0 Å². The van der Waals surface area contributed by atoms with Crippen LogP contribution >= 0.6 is 11.6 Å². The van der Waals surface area contributed by atoms with Crippen LogP contribution in [0.3, 0.4) is 0 Å². The molecule has 2 amide bonds. The number of halogens is 1. The molecule has 0 spiro atoms. The molecular formula is C29H35ClN4O4S. The van der Waals surface area contributed by atoms with Crippen LogP contribution in [0.4, 0.5) is 5.69 Å². The number of hydrogen-bond donors (Lipinski definition) is 1. The van der Waals surface area contributed by atoms with Crippen molar-refractivity contribution >= 4 is 39.3 Å². The molecule has 10 heteroatoms. The van der Waals surface area contributed by atoms with Crippen LogP contribution in [-0.4, -0.2) is 62.7 Å². The largest absolute Gasteiger partial charge is 0.354 e. The fraction of sp³-hybridized carbons (Fsp3) is 0.310. The van der Waals surface area contributed by atoms with E-state index in [1.165, 1.54) is 19.0 Å². The minimum atomic E-state index is -4.02. The molecule has 0 radical (unpaired) electrons. The van der Waals surface area contributed by atoms with Gasteiger partial charge in [0.25, 0.3) is 0 Å². The number of anilines is 1. The van der Waals surface area contributed by atoms with E-state index >= 15 is 0 Å². The molecule has 0 aliphatic rings. The summed E-state index contributed by atoms with van der Waals surface area (Å²) >= 11 is 6.23. The third kappa shape index (κ3) is 8.29. The maximum Gasteiger partial charge on any atom is 0.304 e. The van der Waals surface area contributed by atoms with E-state index < -0.39 is 28.7 Å². The van der Waals surface area contributed by atoms with Crippen molar-refractivity contribution in [1.29, 1.82) is 0 Å². The lowest BCUT2D eigenvalue weighted by molar-refractivity contribution is -0.140. The lowest BCUT2D eigenvalue weighted by Gasteiger charge is -2.34. The van der Waals surface area contributed by atoms with Crippen LogP contribution in [-0.2, 0) is 32.8 Å². The van der Waals surface area contributed by atoms with Gasteiger partial charge in [-0.3, -0.25) is 9.59 Å². The zero-order valence-electron chi connectivity index (χ0n) is 22.5.